The number of carbonyl (C=O) groups excluding carboxylic acids is 1. The molecule has 2 aromatic rings. The Labute approximate surface area is 306 Å². The van der Waals surface area contributed by atoms with Gasteiger partial charge in [-0.3, -0.25) is 18.4 Å². The second kappa shape index (κ2) is 15.8. The topological polar surface area (TPSA) is 318 Å². The van der Waals surface area contributed by atoms with Crippen LogP contribution in [-0.2, 0) is 36.8 Å². The van der Waals surface area contributed by atoms with Gasteiger partial charge < -0.3 is 58.9 Å². The van der Waals surface area contributed by atoms with E-state index in [2.05, 4.69) is 19.3 Å². The smallest absolute Gasteiger partial charge is 1.00 e. The van der Waals surface area contributed by atoms with Crippen molar-refractivity contribution in [3.8, 4) is 0 Å². The molecule has 1 amide bonds. The minimum absolute atomic E-state index is 0. The van der Waals surface area contributed by atoms with E-state index < -0.39 is 83.8 Å². The van der Waals surface area contributed by atoms with E-state index in [4.69, 9.17) is 30.0 Å². The van der Waals surface area contributed by atoms with Crippen LogP contribution >= 0.6 is 15.6 Å². The molecule has 5 heterocycles. The largest absolute Gasteiger partial charge is 1.00 e. The first kappa shape index (κ1) is 39.6. The van der Waals surface area contributed by atoms with Crippen molar-refractivity contribution in [1.29, 1.82) is 0 Å². The van der Waals surface area contributed by atoms with Crippen LogP contribution in [0.2, 0.25) is 0 Å². The molecule has 246 valence electrons. The van der Waals surface area contributed by atoms with Crippen molar-refractivity contribution in [2.24, 2.45) is 5.73 Å². The maximum atomic E-state index is 12.4. The van der Waals surface area contributed by atoms with E-state index in [9.17, 15) is 44.1 Å². The molecule has 46 heavy (non-hydrogen) atoms. The molecule has 25 heteroatoms. The van der Waals surface area contributed by atoms with Gasteiger partial charge in [-0.2, -0.15) is 4.31 Å². The summed E-state index contributed by atoms with van der Waals surface area (Å²) in [6.07, 6.45) is -4.88. The standard InChI is InChI=1S/C21H29N7O14P2.2Na.2H/c22-17-12-19(25-7-24-17)28(8-26-12)21-16(32)14(30)11(41-21)6-39-44(36,37)42-43(34,35)38-5-10-13(29)15(31)20(40-10)27-3-1-2-9(4-27)18(23)33;;;;/h1,3-4,7-8,10-11,13-16,20-21,29-32H,2,5-6H2,(H2,23,33)(H,34,35)(H,36,37)(H2,22,24,25);;;;/q;2*+1;2*-1/t10-,11-,13-,14-,15-,16-,20-,21-;;;;/m1..../s1. The minimum Gasteiger partial charge on any atom is -1.00 e. The third kappa shape index (κ3) is 8.64. The quantitative estimate of drug-likeness (QED) is 0.0792. The second-order valence-electron chi connectivity index (χ2n) is 9.84. The number of phosphoric acid groups is 2. The van der Waals surface area contributed by atoms with E-state index in [0.29, 0.717) is 0 Å². The Balaban J connectivity index is 0.00000288. The van der Waals surface area contributed by atoms with Crippen molar-refractivity contribution in [3.05, 3.63) is 36.7 Å². The first-order chi connectivity index (χ1) is 20.7. The zero-order chi connectivity index (χ0) is 32.0. The molecule has 0 bridgehead atoms. The number of ether oxygens (including phenoxy) is 2. The number of aliphatic hydroxyl groups excluding tert-OH is 4. The normalized spacial score (nSPS) is 31.9. The number of nitrogens with zero attached hydrogens (tertiary/aromatic N) is 5. The number of imidazole rings is 1. The summed E-state index contributed by atoms with van der Waals surface area (Å²) >= 11 is 0. The van der Waals surface area contributed by atoms with Gasteiger partial charge in [0.25, 0.3) is 0 Å². The molecule has 2 saturated heterocycles. The fourth-order valence-corrected chi connectivity index (χ4v) is 6.77. The Morgan fingerprint density at radius 1 is 0.957 bits per heavy atom. The fraction of sp³-hybridized carbons (Fsp3) is 0.524. The number of primary amides is 1. The maximum Gasteiger partial charge on any atom is 1.00 e. The van der Waals surface area contributed by atoms with Crippen LogP contribution in [0.4, 0.5) is 5.82 Å². The van der Waals surface area contributed by atoms with Gasteiger partial charge in [-0.15, -0.1) is 0 Å². The van der Waals surface area contributed by atoms with Crippen LogP contribution < -0.4 is 70.6 Å². The SMILES string of the molecule is NC(=O)C1=CN([C@@H]2O[C@H](COP(=O)(O)OP(=O)(O)OC[C@H]3O[C@@H](n4cnc5c(N)ncnc54)[C@H](O)[C@@H]3O)[C@@H](O)[C@H]2O)C=CC1.[H-].[H-].[Na+].[Na+]. The Kier molecular flexibility index (Phi) is 13.6. The van der Waals surface area contributed by atoms with Gasteiger partial charge in [0.15, 0.2) is 23.9 Å². The molecule has 2 fully saturated rings. The average Bonchev–Trinajstić information content (AvgIpc) is 3.61. The zero-order valence-corrected chi connectivity index (χ0v) is 30.2. The predicted molar refractivity (Wildman–Crippen MR) is 144 cm³/mol. The van der Waals surface area contributed by atoms with Gasteiger partial charge in [-0.05, 0) is 6.42 Å². The zero-order valence-electron chi connectivity index (χ0n) is 26.4. The van der Waals surface area contributed by atoms with Crippen LogP contribution in [0.25, 0.3) is 11.2 Å². The number of aliphatic hydroxyl groups is 4. The van der Waals surface area contributed by atoms with E-state index in [-0.39, 0.29) is 90.9 Å². The van der Waals surface area contributed by atoms with E-state index in [1.54, 1.807) is 6.08 Å². The molecule has 0 saturated carbocycles. The van der Waals surface area contributed by atoms with Gasteiger partial charge in [0, 0.05) is 18.0 Å². The second-order valence-corrected chi connectivity index (χ2v) is 12.9. The third-order valence-corrected chi connectivity index (χ3v) is 9.48. The van der Waals surface area contributed by atoms with Crippen LogP contribution in [0.1, 0.15) is 15.5 Å². The molecule has 10 N–H and O–H groups in total. The van der Waals surface area contributed by atoms with E-state index in [1.807, 2.05) is 0 Å². The number of fused-ring (bicyclic) bond motifs is 1. The summed E-state index contributed by atoms with van der Waals surface area (Å²) in [6.45, 7) is -1.79. The van der Waals surface area contributed by atoms with Crippen LogP contribution in [0.15, 0.2) is 36.7 Å². The number of carbonyl (C=O) groups is 1. The molecule has 5 rings (SSSR count). The first-order valence-electron chi connectivity index (χ1n) is 12.7. The molecule has 2 unspecified atom stereocenters. The van der Waals surface area contributed by atoms with Crippen molar-refractivity contribution in [3.63, 3.8) is 0 Å². The van der Waals surface area contributed by atoms with Gasteiger partial charge in [0.1, 0.15) is 48.5 Å². The number of rotatable bonds is 11. The molecule has 21 nitrogen and oxygen atoms in total. The van der Waals surface area contributed by atoms with Crippen LogP contribution in [0.3, 0.4) is 0 Å². The first-order valence-corrected chi connectivity index (χ1v) is 15.7. The van der Waals surface area contributed by atoms with Crippen molar-refractivity contribution in [2.45, 2.75) is 55.5 Å². The number of nitrogens with two attached hydrogens (primary N) is 2. The third-order valence-electron chi connectivity index (χ3n) is 6.88. The summed E-state index contributed by atoms with van der Waals surface area (Å²) in [5.74, 6) is -0.658. The van der Waals surface area contributed by atoms with E-state index in [0.717, 1.165) is 6.33 Å². The Hall–Kier alpha value is -0.880. The fourth-order valence-electron chi connectivity index (χ4n) is 4.68. The summed E-state index contributed by atoms with van der Waals surface area (Å²) in [4.78, 5) is 44.6. The van der Waals surface area contributed by atoms with Crippen molar-refractivity contribution >= 4 is 38.5 Å². The summed E-state index contributed by atoms with van der Waals surface area (Å²) in [6, 6.07) is 0. The number of hydrogen-bond donors (Lipinski definition) is 8. The summed E-state index contributed by atoms with van der Waals surface area (Å²) < 4.78 is 50.8. The average molecular weight is 713 g/mol. The van der Waals surface area contributed by atoms with Crippen LogP contribution in [0, 0.1) is 0 Å². The number of phosphoric ester groups is 2. The number of aromatic nitrogens is 4. The van der Waals surface area contributed by atoms with Gasteiger partial charge in [-0.25, -0.2) is 24.1 Å². The number of allylic oxidation sites excluding steroid dienone is 1. The molecule has 10 atom stereocenters. The number of nitrogen functional groups attached to an aromatic ring is 1. The van der Waals surface area contributed by atoms with Crippen molar-refractivity contribution < 1.29 is 129 Å². The molecule has 2 aromatic heterocycles. The van der Waals surface area contributed by atoms with Crippen molar-refractivity contribution in [2.75, 3.05) is 18.9 Å². The summed E-state index contributed by atoms with van der Waals surface area (Å²) in [5, 5.41) is 41.6. The van der Waals surface area contributed by atoms with Gasteiger partial charge in [0.05, 0.1) is 19.5 Å². The van der Waals surface area contributed by atoms with E-state index in [1.165, 1.54) is 28.2 Å². The molecule has 0 aromatic carbocycles. The van der Waals surface area contributed by atoms with Crippen LogP contribution in [0.5, 0.6) is 0 Å². The van der Waals surface area contributed by atoms with E-state index >= 15 is 0 Å². The molecule has 0 radical (unpaired) electrons. The predicted octanol–water partition coefficient (Wildman–Crippen LogP) is -8.45. The molecule has 0 aliphatic carbocycles. The molecule has 0 spiro atoms. The number of hydrogen-bond acceptors (Lipinski definition) is 17. The summed E-state index contributed by atoms with van der Waals surface area (Å²) in [5.41, 5.74) is 11.6. The van der Waals surface area contributed by atoms with Gasteiger partial charge in [0.2, 0.25) is 5.91 Å². The Bertz CT molecular complexity index is 1580. The number of anilines is 1. The Morgan fingerprint density at radius 3 is 2.11 bits per heavy atom. The minimum atomic E-state index is -5.37. The van der Waals surface area contributed by atoms with Gasteiger partial charge in [-0.1, -0.05) is 6.08 Å². The molecule has 3 aliphatic rings. The maximum absolute atomic E-state index is 12.4. The monoisotopic (exact) mass is 713 g/mol. The van der Waals surface area contributed by atoms with Gasteiger partial charge >= 0.3 is 74.8 Å². The van der Waals surface area contributed by atoms with Crippen molar-refractivity contribution in [1.82, 2.24) is 24.4 Å². The molecule has 3 aliphatic heterocycles. The number of amides is 1. The summed E-state index contributed by atoms with van der Waals surface area (Å²) in [7, 11) is -10.7. The molecular formula is C21H31N7Na2O14P2. The Morgan fingerprint density at radius 2 is 1.52 bits per heavy atom. The molecular weight excluding hydrogens is 682 g/mol. The van der Waals surface area contributed by atoms with Crippen LogP contribution in [-0.4, -0.2) is 117 Å².